The molecular formula is C16H20BrN3O. The van der Waals surface area contributed by atoms with E-state index < -0.39 is 0 Å². The second-order valence-corrected chi connectivity index (χ2v) is 6.06. The SMILES string of the molecule is CCNc1nc(C)cc(Oc2ccc(Br)cc2C(C)C)n1. The molecule has 21 heavy (non-hydrogen) atoms. The molecule has 2 rings (SSSR count). The number of nitrogens with one attached hydrogen (secondary N) is 1. The van der Waals surface area contributed by atoms with E-state index in [-0.39, 0.29) is 0 Å². The smallest absolute Gasteiger partial charge is 0.226 e. The Bertz CT molecular complexity index is 629. The molecule has 112 valence electrons. The van der Waals surface area contributed by atoms with Gasteiger partial charge in [-0.05, 0) is 43.5 Å². The van der Waals surface area contributed by atoms with Crippen LogP contribution in [-0.2, 0) is 0 Å². The van der Waals surface area contributed by atoms with Crippen molar-refractivity contribution in [2.75, 3.05) is 11.9 Å². The highest BCUT2D eigenvalue weighted by atomic mass is 79.9. The molecule has 0 aliphatic carbocycles. The Morgan fingerprint density at radius 1 is 1.24 bits per heavy atom. The number of hydrogen-bond acceptors (Lipinski definition) is 4. The quantitative estimate of drug-likeness (QED) is 0.834. The molecule has 4 nitrogen and oxygen atoms in total. The summed E-state index contributed by atoms with van der Waals surface area (Å²) in [5, 5.41) is 3.11. The van der Waals surface area contributed by atoms with E-state index in [0.29, 0.717) is 17.7 Å². The molecule has 1 N–H and O–H groups in total. The maximum atomic E-state index is 5.98. The summed E-state index contributed by atoms with van der Waals surface area (Å²) >= 11 is 3.50. The molecule has 0 unspecified atom stereocenters. The van der Waals surface area contributed by atoms with Gasteiger partial charge in [-0.25, -0.2) is 4.98 Å². The van der Waals surface area contributed by atoms with Gasteiger partial charge < -0.3 is 10.1 Å². The molecule has 0 atom stereocenters. The normalized spacial score (nSPS) is 10.8. The van der Waals surface area contributed by atoms with E-state index in [0.717, 1.165) is 28.0 Å². The van der Waals surface area contributed by atoms with Crippen molar-refractivity contribution in [2.45, 2.75) is 33.6 Å². The first-order valence-electron chi connectivity index (χ1n) is 7.06. The predicted octanol–water partition coefficient (Wildman–Crippen LogP) is 4.90. The van der Waals surface area contributed by atoms with E-state index in [9.17, 15) is 0 Å². The topological polar surface area (TPSA) is 47.0 Å². The summed E-state index contributed by atoms with van der Waals surface area (Å²) in [5.74, 6) is 2.35. The largest absolute Gasteiger partial charge is 0.439 e. The maximum Gasteiger partial charge on any atom is 0.226 e. The Kier molecular flexibility index (Phi) is 5.17. The van der Waals surface area contributed by atoms with Gasteiger partial charge in [0.2, 0.25) is 11.8 Å². The van der Waals surface area contributed by atoms with Crippen LogP contribution >= 0.6 is 15.9 Å². The van der Waals surface area contributed by atoms with E-state index in [1.165, 1.54) is 0 Å². The van der Waals surface area contributed by atoms with Crippen molar-refractivity contribution < 1.29 is 4.74 Å². The monoisotopic (exact) mass is 349 g/mol. The summed E-state index contributed by atoms with van der Waals surface area (Å²) in [6, 6.07) is 7.86. The molecular weight excluding hydrogens is 330 g/mol. The molecule has 0 saturated heterocycles. The summed E-state index contributed by atoms with van der Waals surface area (Å²) in [4.78, 5) is 8.71. The van der Waals surface area contributed by atoms with Gasteiger partial charge in [0.1, 0.15) is 5.75 Å². The highest BCUT2D eigenvalue weighted by Crippen LogP contribution is 2.32. The zero-order valence-corrected chi connectivity index (χ0v) is 14.4. The molecule has 0 bridgehead atoms. The third kappa shape index (κ3) is 4.17. The van der Waals surface area contributed by atoms with Gasteiger partial charge in [-0.3, -0.25) is 0 Å². The molecule has 0 aliphatic rings. The van der Waals surface area contributed by atoms with Crippen LogP contribution in [0.15, 0.2) is 28.7 Å². The van der Waals surface area contributed by atoms with Crippen molar-refractivity contribution in [3.05, 3.63) is 40.0 Å². The Labute approximate surface area is 134 Å². The molecule has 2 aromatic rings. The first-order valence-corrected chi connectivity index (χ1v) is 7.85. The minimum Gasteiger partial charge on any atom is -0.439 e. The summed E-state index contributed by atoms with van der Waals surface area (Å²) in [6.45, 7) is 9.00. The number of benzene rings is 1. The van der Waals surface area contributed by atoms with Gasteiger partial charge in [0.05, 0.1) is 0 Å². The zero-order chi connectivity index (χ0) is 15.4. The van der Waals surface area contributed by atoms with Crippen LogP contribution in [0.4, 0.5) is 5.95 Å². The van der Waals surface area contributed by atoms with Gasteiger partial charge in [0, 0.05) is 22.8 Å². The van der Waals surface area contributed by atoms with Gasteiger partial charge in [-0.2, -0.15) is 4.98 Å². The number of rotatable bonds is 5. The van der Waals surface area contributed by atoms with Crippen LogP contribution in [0.2, 0.25) is 0 Å². The molecule has 1 aromatic carbocycles. The fourth-order valence-corrected chi connectivity index (χ4v) is 2.38. The number of halogens is 1. The summed E-state index contributed by atoms with van der Waals surface area (Å²) in [5.41, 5.74) is 2.02. The lowest BCUT2D eigenvalue weighted by molar-refractivity contribution is 0.453. The van der Waals surface area contributed by atoms with Crippen LogP contribution in [-0.4, -0.2) is 16.5 Å². The fraction of sp³-hybridized carbons (Fsp3) is 0.375. The van der Waals surface area contributed by atoms with Crippen LogP contribution < -0.4 is 10.1 Å². The number of aromatic nitrogens is 2. The van der Waals surface area contributed by atoms with Crippen LogP contribution in [0.25, 0.3) is 0 Å². The highest BCUT2D eigenvalue weighted by molar-refractivity contribution is 9.10. The van der Waals surface area contributed by atoms with Gasteiger partial charge in [-0.1, -0.05) is 29.8 Å². The molecule has 5 heteroatoms. The number of ether oxygens (including phenoxy) is 1. The van der Waals surface area contributed by atoms with Crippen molar-refractivity contribution in [3.8, 4) is 11.6 Å². The lowest BCUT2D eigenvalue weighted by atomic mass is 10.0. The Hall–Kier alpha value is -1.62. The molecule has 0 aliphatic heterocycles. The number of hydrogen-bond donors (Lipinski definition) is 1. The fourth-order valence-electron chi connectivity index (χ4n) is 2.01. The van der Waals surface area contributed by atoms with Gasteiger partial charge in [-0.15, -0.1) is 0 Å². The van der Waals surface area contributed by atoms with E-state index in [4.69, 9.17) is 4.74 Å². The molecule has 0 saturated carbocycles. The maximum absolute atomic E-state index is 5.98. The number of nitrogens with zero attached hydrogens (tertiary/aromatic N) is 2. The molecule has 0 amide bonds. The van der Waals surface area contributed by atoms with Gasteiger partial charge in [0.15, 0.2) is 0 Å². The van der Waals surface area contributed by atoms with Crippen LogP contribution in [0.5, 0.6) is 11.6 Å². The van der Waals surface area contributed by atoms with E-state index >= 15 is 0 Å². The summed E-state index contributed by atoms with van der Waals surface area (Å²) in [7, 11) is 0. The van der Waals surface area contributed by atoms with Crippen LogP contribution in [0.1, 0.15) is 37.9 Å². The van der Waals surface area contributed by atoms with Crippen molar-refractivity contribution in [1.82, 2.24) is 9.97 Å². The molecule has 1 aromatic heterocycles. The minimum atomic E-state index is 0.369. The zero-order valence-electron chi connectivity index (χ0n) is 12.8. The first kappa shape index (κ1) is 15.8. The van der Waals surface area contributed by atoms with Gasteiger partial charge in [0.25, 0.3) is 0 Å². The average Bonchev–Trinajstić information content (AvgIpc) is 2.40. The first-order chi connectivity index (χ1) is 9.99. The van der Waals surface area contributed by atoms with E-state index in [1.54, 1.807) is 0 Å². The molecule has 1 heterocycles. The standard InChI is InChI=1S/C16H20BrN3O/c1-5-18-16-19-11(4)8-15(20-16)21-14-7-6-12(17)9-13(14)10(2)3/h6-10H,5H2,1-4H3,(H,18,19,20). The third-order valence-electron chi connectivity index (χ3n) is 2.97. The molecule has 0 fully saturated rings. The molecule has 0 radical (unpaired) electrons. The lowest BCUT2D eigenvalue weighted by Gasteiger charge is -2.14. The van der Waals surface area contributed by atoms with Gasteiger partial charge >= 0.3 is 0 Å². The van der Waals surface area contributed by atoms with Crippen LogP contribution in [0, 0.1) is 6.92 Å². The summed E-state index contributed by atoms with van der Waals surface area (Å²) < 4.78 is 7.03. The minimum absolute atomic E-state index is 0.369. The lowest BCUT2D eigenvalue weighted by Crippen LogP contribution is -2.04. The van der Waals surface area contributed by atoms with Crippen LogP contribution in [0.3, 0.4) is 0 Å². The second-order valence-electron chi connectivity index (χ2n) is 5.14. The van der Waals surface area contributed by atoms with Crippen molar-refractivity contribution >= 4 is 21.9 Å². The third-order valence-corrected chi connectivity index (χ3v) is 3.47. The highest BCUT2D eigenvalue weighted by Gasteiger charge is 2.11. The average molecular weight is 350 g/mol. The number of anilines is 1. The number of aryl methyl sites for hydroxylation is 1. The Balaban J connectivity index is 2.33. The van der Waals surface area contributed by atoms with E-state index in [2.05, 4.69) is 51.1 Å². The Morgan fingerprint density at radius 3 is 2.67 bits per heavy atom. The molecule has 0 spiro atoms. The van der Waals surface area contributed by atoms with Crippen molar-refractivity contribution in [3.63, 3.8) is 0 Å². The second kappa shape index (κ2) is 6.89. The van der Waals surface area contributed by atoms with Crippen molar-refractivity contribution in [2.24, 2.45) is 0 Å². The Morgan fingerprint density at radius 2 is 2.00 bits per heavy atom. The van der Waals surface area contributed by atoms with E-state index in [1.807, 2.05) is 32.0 Å². The predicted molar refractivity (Wildman–Crippen MR) is 89.2 cm³/mol. The summed E-state index contributed by atoms with van der Waals surface area (Å²) in [6.07, 6.45) is 0. The van der Waals surface area contributed by atoms with Crippen molar-refractivity contribution in [1.29, 1.82) is 0 Å².